The molecule has 0 atom stereocenters. The lowest BCUT2D eigenvalue weighted by Crippen LogP contribution is -2.14. The van der Waals surface area contributed by atoms with Crippen molar-refractivity contribution >= 4 is 28.8 Å². The second-order valence-electron chi connectivity index (χ2n) is 4.29. The van der Waals surface area contributed by atoms with E-state index >= 15 is 0 Å². The fourth-order valence-electron chi connectivity index (χ4n) is 2.09. The minimum Gasteiger partial charge on any atom is -0.477 e. The number of aryl methyl sites for hydroxylation is 1. The van der Waals surface area contributed by atoms with Gasteiger partial charge in [0.1, 0.15) is 10.0 Å². The molecule has 0 aliphatic carbocycles. The van der Waals surface area contributed by atoms with E-state index in [0.717, 1.165) is 24.2 Å². The van der Waals surface area contributed by atoms with Gasteiger partial charge in [-0.15, -0.1) is 5.10 Å². The molecule has 0 fully saturated rings. The number of hydrogen-bond donors (Lipinski definition) is 1. The van der Waals surface area contributed by atoms with Crippen LogP contribution < -0.4 is 10.5 Å². The molecule has 2 aromatic heterocycles. The summed E-state index contributed by atoms with van der Waals surface area (Å²) < 4.78 is 8.91. The van der Waals surface area contributed by atoms with E-state index < -0.39 is 0 Å². The number of halogens is 1. The zero-order chi connectivity index (χ0) is 13.6. The molecule has 2 N–H and O–H groups in total. The maximum atomic E-state index is 6.30. The summed E-state index contributed by atoms with van der Waals surface area (Å²) in [6.45, 7) is 3.32. The zero-order valence-electron chi connectivity index (χ0n) is 10.3. The van der Waals surface area contributed by atoms with Gasteiger partial charge in [0.25, 0.3) is 0 Å². The minimum absolute atomic E-state index is 0.306. The summed E-state index contributed by atoms with van der Waals surface area (Å²) in [5, 5.41) is 9.13. The molecule has 0 amide bonds. The first-order valence-corrected chi connectivity index (χ1v) is 6.62. The van der Waals surface area contributed by atoms with Crippen LogP contribution in [0.5, 0.6) is 5.88 Å². The van der Waals surface area contributed by atoms with Crippen molar-refractivity contribution in [2.45, 2.75) is 19.9 Å². The van der Waals surface area contributed by atoms with E-state index in [1.54, 1.807) is 15.6 Å². The lowest BCUT2D eigenvalue weighted by Gasteiger charge is -2.13. The molecule has 0 saturated heterocycles. The van der Waals surface area contributed by atoms with Crippen LogP contribution in [0.3, 0.4) is 0 Å². The van der Waals surface area contributed by atoms with Crippen molar-refractivity contribution in [3.63, 3.8) is 0 Å². The zero-order valence-corrected chi connectivity index (χ0v) is 11.8. The molecule has 0 bridgehead atoms. The number of ether oxygens (including phenoxy) is 1. The summed E-state index contributed by atoms with van der Waals surface area (Å²) in [5.41, 5.74) is 7.17. The van der Waals surface area contributed by atoms with Gasteiger partial charge in [-0.05, 0) is 6.92 Å². The molecule has 1 aliphatic heterocycles. The van der Waals surface area contributed by atoms with Gasteiger partial charge in [-0.2, -0.15) is 5.10 Å². The van der Waals surface area contributed by atoms with E-state index in [0.29, 0.717) is 28.3 Å². The van der Waals surface area contributed by atoms with Gasteiger partial charge < -0.3 is 10.5 Å². The largest absolute Gasteiger partial charge is 0.477 e. The molecular weight excluding hydrogens is 286 g/mol. The van der Waals surface area contributed by atoms with Crippen molar-refractivity contribution in [2.24, 2.45) is 5.73 Å². The monoisotopic (exact) mass is 297 g/mol. The molecule has 2 aromatic rings. The van der Waals surface area contributed by atoms with Crippen LogP contribution in [-0.4, -0.2) is 31.2 Å². The number of aromatic nitrogens is 4. The maximum Gasteiger partial charge on any atom is 0.233 e. The van der Waals surface area contributed by atoms with Gasteiger partial charge >= 0.3 is 0 Å². The summed E-state index contributed by atoms with van der Waals surface area (Å²) in [6, 6.07) is 0. The van der Waals surface area contributed by atoms with Gasteiger partial charge in [0.2, 0.25) is 5.88 Å². The Morgan fingerprint density at radius 1 is 1.58 bits per heavy atom. The molecule has 0 saturated carbocycles. The van der Waals surface area contributed by atoms with Crippen LogP contribution in [0.15, 0.2) is 6.20 Å². The average molecular weight is 298 g/mol. The number of nitrogens with two attached hydrogens (primary N) is 1. The highest BCUT2D eigenvalue weighted by Gasteiger charge is 2.23. The fraction of sp³-hybridized carbons (Fsp3) is 0.364. The third-order valence-electron chi connectivity index (χ3n) is 3.06. The third-order valence-corrected chi connectivity index (χ3v) is 3.61. The quantitative estimate of drug-likeness (QED) is 0.850. The Bertz CT molecular complexity index is 662. The minimum atomic E-state index is 0.306. The van der Waals surface area contributed by atoms with Gasteiger partial charge in [-0.1, -0.05) is 23.8 Å². The highest BCUT2D eigenvalue weighted by Crippen LogP contribution is 2.33. The van der Waals surface area contributed by atoms with Crippen LogP contribution in [-0.2, 0) is 6.54 Å². The molecule has 19 heavy (non-hydrogen) atoms. The molecule has 100 valence electrons. The molecule has 1 aliphatic rings. The van der Waals surface area contributed by atoms with E-state index in [9.17, 15) is 0 Å². The second-order valence-corrected chi connectivity index (χ2v) is 5.11. The predicted molar refractivity (Wildman–Crippen MR) is 75.1 cm³/mol. The van der Waals surface area contributed by atoms with E-state index in [4.69, 9.17) is 34.3 Å². The van der Waals surface area contributed by atoms with Crippen molar-refractivity contribution in [2.75, 3.05) is 6.61 Å². The lowest BCUT2D eigenvalue weighted by atomic mass is 10.2. The summed E-state index contributed by atoms with van der Waals surface area (Å²) in [5.74, 6) is 1.13. The standard InChI is InChI=1S/C11H12ClN5OS/c1-6-7(9(13)19)5-14-17(6)10-8(12)11-16(15-10)3-2-4-18-11/h5H,2-4H2,1H3,(H2,13,19). The Morgan fingerprint density at radius 2 is 2.37 bits per heavy atom. The van der Waals surface area contributed by atoms with Crippen molar-refractivity contribution in [3.05, 3.63) is 22.5 Å². The van der Waals surface area contributed by atoms with Crippen molar-refractivity contribution < 1.29 is 4.74 Å². The van der Waals surface area contributed by atoms with E-state index in [1.807, 2.05) is 6.92 Å². The SMILES string of the molecule is Cc1c(C(N)=S)cnn1-c1nn2c(c1Cl)OCCC2. The molecule has 8 heteroatoms. The molecule has 6 nitrogen and oxygen atoms in total. The molecule has 3 rings (SSSR count). The predicted octanol–water partition coefficient (Wildman–Crippen LogP) is 1.45. The van der Waals surface area contributed by atoms with Crippen molar-refractivity contribution in [1.29, 1.82) is 0 Å². The van der Waals surface area contributed by atoms with Crippen LogP contribution in [0.1, 0.15) is 17.7 Å². The number of fused-ring (bicyclic) bond motifs is 1. The summed E-state index contributed by atoms with van der Waals surface area (Å²) in [7, 11) is 0. The fourth-order valence-corrected chi connectivity index (χ4v) is 2.56. The van der Waals surface area contributed by atoms with Crippen molar-refractivity contribution in [1.82, 2.24) is 19.6 Å². The molecular formula is C11H12ClN5OS. The molecule has 0 spiro atoms. The Balaban J connectivity index is 2.12. The van der Waals surface area contributed by atoms with E-state index in [1.165, 1.54) is 0 Å². The smallest absolute Gasteiger partial charge is 0.233 e. The first-order valence-electron chi connectivity index (χ1n) is 5.83. The normalized spacial score (nSPS) is 14.0. The molecule has 0 unspecified atom stereocenters. The van der Waals surface area contributed by atoms with Crippen LogP contribution in [0.2, 0.25) is 5.02 Å². The molecule has 3 heterocycles. The Labute approximate surface area is 120 Å². The summed E-state index contributed by atoms with van der Waals surface area (Å²) in [4.78, 5) is 0.306. The topological polar surface area (TPSA) is 70.9 Å². The average Bonchev–Trinajstić information content (AvgIpc) is 2.91. The molecule has 0 aromatic carbocycles. The Morgan fingerprint density at radius 3 is 3.00 bits per heavy atom. The van der Waals surface area contributed by atoms with Gasteiger partial charge in [0, 0.05) is 13.0 Å². The van der Waals surface area contributed by atoms with Crippen LogP contribution in [0.4, 0.5) is 0 Å². The third kappa shape index (κ3) is 1.89. The summed E-state index contributed by atoms with van der Waals surface area (Å²) >= 11 is 11.3. The van der Waals surface area contributed by atoms with Crippen LogP contribution >= 0.6 is 23.8 Å². The first kappa shape index (κ1) is 12.4. The highest BCUT2D eigenvalue weighted by molar-refractivity contribution is 7.80. The van der Waals surface area contributed by atoms with Crippen molar-refractivity contribution in [3.8, 4) is 11.7 Å². The lowest BCUT2D eigenvalue weighted by molar-refractivity contribution is 0.230. The van der Waals surface area contributed by atoms with Crippen LogP contribution in [0.25, 0.3) is 5.82 Å². The first-order chi connectivity index (χ1) is 9.09. The maximum absolute atomic E-state index is 6.30. The summed E-state index contributed by atoms with van der Waals surface area (Å²) in [6.07, 6.45) is 2.54. The highest BCUT2D eigenvalue weighted by atomic mass is 35.5. The van der Waals surface area contributed by atoms with Crippen LogP contribution in [0, 0.1) is 6.92 Å². The Kier molecular flexibility index (Phi) is 2.94. The number of rotatable bonds is 2. The van der Waals surface area contributed by atoms with Gasteiger partial charge in [0.05, 0.1) is 24.1 Å². The van der Waals surface area contributed by atoms with Gasteiger partial charge in [0.15, 0.2) is 5.82 Å². The van der Waals surface area contributed by atoms with E-state index in [-0.39, 0.29) is 0 Å². The second kappa shape index (κ2) is 4.50. The number of hydrogen-bond acceptors (Lipinski definition) is 4. The number of thiocarbonyl (C=S) groups is 1. The van der Waals surface area contributed by atoms with E-state index in [2.05, 4.69) is 10.2 Å². The van der Waals surface area contributed by atoms with Gasteiger partial charge in [-0.25, -0.2) is 9.36 Å². The number of nitrogens with zero attached hydrogens (tertiary/aromatic N) is 4. The van der Waals surface area contributed by atoms with Gasteiger partial charge in [-0.3, -0.25) is 0 Å². The Hall–Kier alpha value is -1.60. The molecule has 0 radical (unpaired) electrons.